The number of carbonyl (C=O) groups is 1. The van der Waals surface area contributed by atoms with Crippen molar-refractivity contribution in [2.45, 2.75) is 19.3 Å². The van der Waals surface area contributed by atoms with Crippen molar-refractivity contribution >= 4 is 5.91 Å². The molecule has 1 aliphatic carbocycles. The van der Waals surface area contributed by atoms with Crippen molar-refractivity contribution in [3.8, 4) is 0 Å². The molecule has 1 aliphatic heterocycles. The number of nitrogens with one attached hydrogen (secondary N) is 1. The van der Waals surface area contributed by atoms with Crippen LogP contribution < -0.4 is 0 Å². The Hall–Kier alpha value is -1.43. The second kappa shape index (κ2) is 5.28. The summed E-state index contributed by atoms with van der Waals surface area (Å²) in [5.41, 5.74) is 0.423. The van der Waals surface area contributed by atoms with Crippen molar-refractivity contribution < 1.29 is 4.79 Å². The Morgan fingerprint density at radius 3 is 2.89 bits per heavy atom. The highest BCUT2D eigenvalue weighted by molar-refractivity contribution is 5.92. The Bertz CT molecular complexity index is 428. The smallest absolute Gasteiger partial charge is 0.276 e. The number of aromatic amines is 1. The Morgan fingerprint density at radius 1 is 1.42 bits per heavy atom. The van der Waals surface area contributed by atoms with Crippen LogP contribution in [0, 0.1) is 11.8 Å². The highest BCUT2D eigenvalue weighted by Gasteiger charge is 2.30. The lowest BCUT2D eigenvalue weighted by molar-refractivity contribution is 0.0778. The van der Waals surface area contributed by atoms with Gasteiger partial charge in [-0.1, -0.05) is 0 Å². The Balaban J connectivity index is 1.48. The maximum absolute atomic E-state index is 12.1. The van der Waals surface area contributed by atoms with E-state index in [2.05, 4.69) is 27.4 Å². The SMILES string of the molecule is CN(CC1CC1)CC1CCN(C(=O)c2cn[nH]n2)C1. The molecule has 1 atom stereocenters. The van der Waals surface area contributed by atoms with Crippen LogP contribution in [-0.4, -0.2) is 64.3 Å². The standard InChI is InChI=1S/C13H21N5O/c1-17(7-10-2-3-10)8-11-4-5-18(9-11)13(19)12-6-14-16-15-12/h6,10-11H,2-5,7-9H2,1H3,(H,14,15,16). The van der Waals surface area contributed by atoms with E-state index in [1.165, 1.54) is 25.6 Å². The molecule has 1 aromatic rings. The third-order valence-electron chi connectivity index (χ3n) is 4.04. The fraction of sp³-hybridized carbons (Fsp3) is 0.769. The van der Waals surface area contributed by atoms with E-state index >= 15 is 0 Å². The first kappa shape index (κ1) is 12.6. The summed E-state index contributed by atoms with van der Waals surface area (Å²) in [4.78, 5) is 16.4. The van der Waals surface area contributed by atoms with Crippen LogP contribution in [0.2, 0.25) is 0 Å². The summed E-state index contributed by atoms with van der Waals surface area (Å²) in [5, 5.41) is 10.0. The Kier molecular flexibility index (Phi) is 3.50. The van der Waals surface area contributed by atoms with Gasteiger partial charge in [-0.3, -0.25) is 4.79 Å². The van der Waals surface area contributed by atoms with Gasteiger partial charge in [-0.05, 0) is 38.1 Å². The summed E-state index contributed by atoms with van der Waals surface area (Å²) < 4.78 is 0. The van der Waals surface area contributed by atoms with Crippen molar-refractivity contribution in [1.29, 1.82) is 0 Å². The van der Waals surface area contributed by atoms with Crippen molar-refractivity contribution in [3.05, 3.63) is 11.9 Å². The lowest BCUT2D eigenvalue weighted by atomic mass is 10.1. The van der Waals surface area contributed by atoms with Crippen LogP contribution in [0.15, 0.2) is 6.20 Å². The normalized spacial score (nSPS) is 23.3. The Morgan fingerprint density at radius 2 is 2.21 bits per heavy atom. The van der Waals surface area contributed by atoms with Gasteiger partial charge in [0, 0.05) is 26.2 Å². The molecule has 0 spiro atoms. The molecular formula is C13H21N5O. The zero-order valence-electron chi connectivity index (χ0n) is 11.4. The number of hydrogen-bond acceptors (Lipinski definition) is 4. The third-order valence-corrected chi connectivity index (χ3v) is 4.04. The van der Waals surface area contributed by atoms with E-state index in [0.717, 1.165) is 32.0 Å². The first-order valence-corrected chi connectivity index (χ1v) is 7.06. The quantitative estimate of drug-likeness (QED) is 0.845. The van der Waals surface area contributed by atoms with E-state index < -0.39 is 0 Å². The fourth-order valence-corrected chi connectivity index (χ4v) is 2.89. The van der Waals surface area contributed by atoms with E-state index in [4.69, 9.17) is 0 Å². The number of H-pyrrole nitrogens is 1. The van der Waals surface area contributed by atoms with Gasteiger partial charge in [0.25, 0.3) is 5.91 Å². The zero-order valence-corrected chi connectivity index (χ0v) is 11.4. The molecule has 6 nitrogen and oxygen atoms in total. The van der Waals surface area contributed by atoms with Gasteiger partial charge in [-0.2, -0.15) is 15.4 Å². The van der Waals surface area contributed by atoms with Crippen LogP contribution in [0.4, 0.5) is 0 Å². The summed E-state index contributed by atoms with van der Waals surface area (Å²) in [5.74, 6) is 1.53. The van der Waals surface area contributed by atoms with Crippen molar-refractivity contribution in [1.82, 2.24) is 25.2 Å². The van der Waals surface area contributed by atoms with Crippen LogP contribution in [0.1, 0.15) is 29.8 Å². The summed E-state index contributed by atoms with van der Waals surface area (Å²) in [6.45, 7) is 4.00. The van der Waals surface area contributed by atoms with Crippen molar-refractivity contribution in [3.63, 3.8) is 0 Å². The summed E-state index contributed by atoms with van der Waals surface area (Å²) in [7, 11) is 2.19. The third kappa shape index (κ3) is 3.12. The van der Waals surface area contributed by atoms with E-state index in [1.54, 1.807) is 0 Å². The molecule has 3 rings (SSSR count). The molecule has 1 unspecified atom stereocenters. The first-order valence-electron chi connectivity index (χ1n) is 7.06. The van der Waals surface area contributed by atoms with Crippen molar-refractivity contribution in [2.75, 3.05) is 33.2 Å². The summed E-state index contributed by atoms with van der Waals surface area (Å²) >= 11 is 0. The predicted octanol–water partition coefficient (Wildman–Crippen LogP) is 0.609. The minimum absolute atomic E-state index is 0.00101. The van der Waals surface area contributed by atoms with Gasteiger partial charge in [0.1, 0.15) is 0 Å². The molecule has 2 fully saturated rings. The van der Waals surface area contributed by atoms with Crippen LogP contribution >= 0.6 is 0 Å². The minimum Gasteiger partial charge on any atom is -0.337 e. The van der Waals surface area contributed by atoms with E-state index in [0.29, 0.717) is 11.6 Å². The number of nitrogens with zero attached hydrogens (tertiary/aromatic N) is 4. The minimum atomic E-state index is 0.00101. The fourth-order valence-electron chi connectivity index (χ4n) is 2.89. The molecule has 104 valence electrons. The molecular weight excluding hydrogens is 242 g/mol. The van der Waals surface area contributed by atoms with Crippen LogP contribution in [0.3, 0.4) is 0 Å². The number of likely N-dealkylation sites (tertiary alicyclic amines) is 1. The maximum atomic E-state index is 12.1. The molecule has 2 aliphatic rings. The summed E-state index contributed by atoms with van der Waals surface area (Å²) in [6, 6.07) is 0. The number of aromatic nitrogens is 3. The molecule has 1 N–H and O–H groups in total. The Labute approximate surface area is 113 Å². The van der Waals surface area contributed by atoms with Gasteiger partial charge in [-0.15, -0.1) is 0 Å². The second-order valence-electron chi connectivity index (χ2n) is 5.93. The summed E-state index contributed by atoms with van der Waals surface area (Å²) in [6.07, 6.45) is 5.38. The second-order valence-corrected chi connectivity index (χ2v) is 5.93. The molecule has 1 saturated heterocycles. The van der Waals surface area contributed by atoms with Gasteiger partial charge in [0.2, 0.25) is 0 Å². The molecule has 0 radical (unpaired) electrons. The molecule has 6 heteroatoms. The zero-order chi connectivity index (χ0) is 13.2. The predicted molar refractivity (Wildman–Crippen MR) is 70.6 cm³/mol. The molecule has 1 saturated carbocycles. The number of rotatable bonds is 5. The average Bonchev–Trinajstić information content (AvgIpc) is 2.90. The van der Waals surface area contributed by atoms with E-state index in [-0.39, 0.29) is 5.91 Å². The molecule has 0 aromatic carbocycles. The van der Waals surface area contributed by atoms with E-state index in [1.807, 2.05) is 4.90 Å². The monoisotopic (exact) mass is 263 g/mol. The lowest BCUT2D eigenvalue weighted by Crippen LogP contribution is -2.32. The highest BCUT2D eigenvalue weighted by atomic mass is 16.2. The number of hydrogen-bond donors (Lipinski definition) is 1. The number of amides is 1. The van der Waals surface area contributed by atoms with Crippen LogP contribution in [0.5, 0.6) is 0 Å². The largest absolute Gasteiger partial charge is 0.337 e. The average molecular weight is 263 g/mol. The van der Waals surface area contributed by atoms with E-state index in [9.17, 15) is 4.79 Å². The topological polar surface area (TPSA) is 65.1 Å². The molecule has 0 bridgehead atoms. The van der Waals surface area contributed by atoms with Gasteiger partial charge in [-0.25, -0.2) is 0 Å². The van der Waals surface area contributed by atoms with Gasteiger partial charge >= 0.3 is 0 Å². The van der Waals surface area contributed by atoms with Crippen LogP contribution in [0.25, 0.3) is 0 Å². The van der Waals surface area contributed by atoms with Crippen LogP contribution in [-0.2, 0) is 0 Å². The molecule has 19 heavy (non-hydrogen) atoms. The van der Waals surface area contributed by atoms with Gasteiger partial charge < -0.3 is 9.80 Å². The van der Waals surface area contributed by atoms with Gasteiger partial charge in [0.15, 0.2) is 5.69 Å². The van der Waals surface area contributed by atoms with Crippen molar-refractivity contribution in [2.24, 2.45) is 11.8 Å². The molecule has 1 aromatic heterocycles. The first-order chi connectivity index (χ1) is 9.22. The van der Waals surface area contributed by atoms with Gasteiger partial charge in [0.05, 0.1) is 6.20 Å². The molecule has 1 amide bonds. The number of carbonyl (C=O) groups excluding carboxylic acids is 1. The highest BCUT2D eigenvalue weighted by Crippen LogP contribution is 2.30. The lowest BCUT2D eigenvalue weighted by Gasteiger charge is -2.21. The maximum Gasteiger partial charge on any atom is 0.276 e. The molecule has 2 heterocycles.